The molecule has 2 N–H and O–H groups in total. The van der Waals surface area contributed by atoms with Crippen LogP contribution >= 0.6 is 7.82 Å². The number of fused-ring (bicyclic) bond motifs is 2. The van der Waals surface area contributed by atoms with Gasteiger partial charge in [-0.2, -0.15) is 5.48 Å². The van der Waals surface area contributed by atoms with Gasteiger partial charge < -0.3 is 18.9 Å². The van der Waals surface area contributed by atoms with Crippen LogP contribution in [0.3, 0.4) is 0 Å². The Balaban J connectivity index is 1.24. The van der Waals surface area contributed by atoms with Gasteiger partial charge in [-0.3, -0.25) is 9.36 Å². The van der Waals surface area contributed by atoms with E-state index >= 15 is 0 Å². The molecule has 3 aliphatic rings. The summed E-state index contributed by atoms with van der Waals surface area (Å²) in [4.78, 5) is 24.2. The smallest absolute Gasteiger partial charge is 0.324 e. The van der Waals surface area contributed by atoms with Gasteiger partial charge in [-0.05, 0) is 62.9 Å². The lowest BCUT2D eigenvalue weighted by molar-refractivity contribution is -0.907. The molecule has 0 aromatic carbocycles. The van der Waals surface area contributed by atoms with E-state index in [4.69, 9.17) is 18.6 Å². The van der Waals surface area contributed by atoms with Gasteiger partial charge in [0.05, 0.1) is 13.2 Å². The van der Waals surface area contributed by atoms with Crippen LogP contribution in [-0.4, -0.2) is 37.4 Å². The minimum absolute atomic E-state index is 0.0828. The first-order valence-electron chi connectivity index (χ1n) is 17.8. The Morgan fingerprint density at radius 3 is 2.11 bits per heavy atom. The summed E-state index contributed by atoms with van der Waals surface area (Å²) in [5.41, 5.74) is 2.55. The maximum Gasteiger partial charge on any atom is 0.324 e. The maximum absolute atomic E-state index is 12.6. The molecule has 2 fully saturated rings. The van der Waals surface area contributed by atoms with E-state index in [1.807, 2.05) is 19.1 Å². The molecule has 2 bridgehead atoms. The molecule has 0 heterocycles. The fourth-order valence-electron chi connectivity index (χ4n) is 7.35. The summed E-state index contributed by atoms with van der Waals surface area (Å²) in [6.07, 6.45) is 30.6. The van der Waals surface area contributed by atoms with Crippen LogP contribution in [0.2, 0.25) is 0 Å². The molecule has 9 heteroatoms. The normalized spacial score (nSPS) is 26.5. The summed E-state index contributed by atoms with van der Waals surface area (Å²) in [6, 6.07) is 0. The average Bonchev–Trinajstić information content (AvgIpc) is 3.62. The van der Waals surface area contributed by atoms with Crippen molar-refractivity contribution in [3.05, 3.63) is 23.8 Å². The van der Waals surface area contributed by atoms with Crippen molar-refractivity contribution in [1.82, 2.24) is 0 Å². The van der Waals surface area contributed by atoms with Crippen molar-refractivity contribution in [3.63, 3.8) is 0 Å². The van der Waals surface area contributed by atoms with Crippen molar-refractivity contribution < 1.29 is 38.4 Å². The number of quaternary nitrogens is 1. The third-order valence-electron chi connectivity index (χ3n) is 9.92. The fourth-order valence-corrected chi connectivity index (χ4v) is 8.13. The number of carbonyl (C=O) groups excluding carboxylic acids is 1. The number of hydroxylamine groups is 1. The zero-order valence-corrected chi connectivity index (χ0v) is 28.9. The molecule has 3 unspecified atom stereocenters. The molecule has 3 aliphatic carbocycles. The molecule has 0 radical (unpaired) electrons. The maximum atomic E-state index is 12.6. The second-order valence-corrected chi connectivity index (χ2v) is 15.4. The van der Waals surface area contributed by atoms with Crippen LogP contribution in [0.4, 0.5) is 0 Å². The zero-order valence-electron chi connectivity index (χ0n) is 28.0. The first-order chi connectivity index (χ1) is 21.2. The van der Waals surface area contributed by atoms with Crippen LogP contribution in [0.1, 0.15) is 149 Å². The highest BCUT2D eigenvalue weighted by molar-refractivity contribution is 7.45. The number of allylic oxidation sites excluding steroid dienone is 2. The minimum atomic E-state index is -4.64. The van der Waals surface area contributed by atoms with Gasteiger partial charge >= 0.3 is 13.8 Å². The summed E-state index contributed by atoms with van der Waals surface area (Å²) in [6.45, 7) is 5.83. The molecule has 3 rings (SSSR count). The van der Waals surface area contributed by atoms with Crippen LogP contribution in [0, 0.1) is 11.3 Å². The van der Waals surface area contributed by atoms with Crippen LogP contribution in [0.25, 0.3) is 0 Å². The molecule has 44 heavy (non-hydrogen) atoms. The number of hydrogen-bond donors (Lipinski definition) is 1. The molecule has 2 saturated carbocycles. The van der Waals surface area contributed by atoms with Crippen molar-refractivity contribution in [2.24, 2.45) is 11.3 Å². The quantitative estimate of drug-likeness (QED) is 0.0473. The van der Waals surface area contributed by atoms with E-state index in [9.17, 15) is 14.3 Å². The van der Waals surface area contributed by atoms with Crippen molar-refractivity contribution in [2.75, 3.05) is 19.8 Å². The lowest BCUT2D eigenvalue weighted by Gasteiger charge is -2.36. The zero-order chi connectivity index (χ0) is 31.7. The molecule has 0 spiro atoms. The van der Waals surface area contributed by atoms with E-state index in [2.05, 4.69) is 13.0 Å². The largest absolute Gasteiger partial charge is 0.752 e. The Bertz CT molecular complexity index is 945. The number of phosphoric ester groups is 1. The summed E-state index contributed by atoms with van der Waals surface area (Å²) in [5, 5.41) is 0. The Labute approximate surface area is 267 Å². The number of unbranched alkanes of at least 4 members (excludes halogenated alkanes) is 13. The predicted molar refractivity (Wildman–Crippen MR) is 173 cm³/mol. The lowest BCUT2D eigenvalue weighted by Crippen LogP contribution is -2.94. The van der Waals surface area contributed by atoms with Gasteiger partial charge in [0, 0.05) is 20.0 Å². The van der Waals surface area contributed by atoms with Crippen molar-refractivity contribution in [3.8, 4) is 0 Å². The topological polar surface area (TPSA) is 111 Å². The second-order valence-electron chi connectivity index (χ2n) is 14.0. The molecule has 0 aromatic heterocycles. The van der Waals surface area contributed by atoms with Gasteiger partial charge in [-0.25, -0.2) is 0 Å². The number of phosphoric acid groups is 1. The van der Waals surface area contributed by atoms with Gasteiger partial charge in [0.25, 0.3) is 0 Å². The number of carbonyl (C=O) groups is 1. The van der Waals surface area contributed by atoms with Crippen LogP contribution in [0.5, 0.6) is 0 Å². The van der Waals surface area contributed by atoms with Crippen molar-refractivity contribution >= 4 is 13.8 Å². The molecule has 0 amide bonds. The van der Waals surface area contributed by atoms with Gasteiger partial charge in [0.15, 0.2) is 0 Å². The van der Waals surface area contributed by atoms with E-state index in [1.54, 1.807) is 0 Å². The summed E-state index contributed by atoms with van der Waals surface area (Å²) in [7, 11) is -4.64. The Kier molecular flexibility index (Phi) is 16.7. The predicted octanol–water partition coefficient (Wildman–Crippen LogP) is 7.62. The first-order valence-corrected chi connectivity index (χ1v) is 19.2. The molecule has 254 valence electrons. The molecule has 3 atom stereocenters. The molecular formula is C35H62NO7P. The van der Waals surface area contributed by atoms with Crippen LogP contribution < -0.4 is 10.4 Å². The third kappa shape index (κ3) is 13.8. The number of nitrogens with two attached hydrogens (primary N) is 1. The minimum Gasteiger partial charge on any atom is -0.752 e. The molecular weight excluding hydrogens is 577 g/mol. The fraction of sp³-hybridized carbons (Fsp3) is 0.857. The van der Waals surface area contributed by atoms with Gasteiger partial charge in [0.2, 0.25) is 0 Å². The summed E-state index contributed by atoms with van der Waals surface area (Å²) < 4.78 is 34.0. The van der Waals surface area contributed by atoms with Gasteiger partial charge in [-0.1, -0.05) is 108 Å². The Hall–Kier alpha value is -1.02. The van der Waals surface area contributed by atoms with Crippen molar-refractivity contribution in [2.45, 2.75) is 161 Å². The third-order valence-corrected chi connectivity index (χ3v) is 10.7. The summed E-state index contributed by atoms with van der Waals surface area (Å²) >= 11 is 0. The monoisotopic (exact) mass is 639 g/mol. The number of hydrogen-bond acceptors (Lipinski definition) is 7. The van der Waals surface area contributed by atoms with E-state index in [0.717, 1.165) is 25.2 Å². The molecule has 8 nitrogen and oxygen atoms in total. The van der Waals surface area contributed by atoms with E-state index < -0.39 is 25.4 Å². The van der Waals surface area contributed by atoms with E-state index in [0.29, 0.717) is 6.61 Å². The van der Waals surface area contributed by atoms with Gasteiger partial charge in [0.1, 0.15) is 11.6 Å². The Morgan fingerprint density at radius 1 is 0.977 bits per heavy atom. The summed E-state index contributed by atoms with van der Waals surface area (Å²) in [5.74, 6) is 0.337. The standard InChI is InChI=1S/C35H62NO7P/c1-4-5-6-7-8-9-10-11-12-13-14-15-16-17-25-40-28-33(42-30(2)37)29-41-44(38,39)43-36-34(3)22-18-19-32(27-34)35-23-20-31(26-35)21-24-35/h18-19,22,31,33,36H,4-17,20-21,23-29H2,1-3H3,(H,38,39). The lowest BCUT2D eigenvalue weighted by atomic mass is 9.71. The highest BCUT2D eigenvalue weighted by Crippen LogP contribution is 2.59. The Morgan fingerprint density at radius 2 is 1.57 bits per heavy atom. The van der Waals surface area contributed by atoms with Crippen LogP contribution in [0.15, 0.2) is 23.8 Å². The molecule has 0 saturated heterocycles. The van der Waals surface area contributed by atoms with E-state index in [-0.39, 0.29) is 18.6 Å². The number of rotatable bonds is 25. The first kappa shape index (κ1) is 37.4. The second kappa shape index (κ2) is 19.6. The molecule has 0 aromatic rings. The highest BCUT2D eigenvalue weighted by atomic mass is 31.2. The van der Waals surface area contributed by atoms with E-state index in [1.165, 1.54) is 127 Å². The SMILES string of the molecule is CCCCCCCCCCCCCCCCOCC(COP(=O)([O-])O[NH2+]C1(C)C=CC=C(C23CCC(CC2)C3)C1)OC(C)=O. The average molecular weight is 640 g/mol. The highest BCUT2D eigenvalue weighted by Gasteiger charge is 2.49. The van der Waals surface area contributed by atoms with Gasteiger partial charge in [-0.15, -0.1) is 4.62 Å². The molecule has 0 aliphatic heterocycles. The number of esters is 1. The van der Waals surface area contributed by atoms with Crippen molar-refractivity contribution in [1.29, 1.82) is 0 Å². The van der Waals surface area contributed by atoms with Crippen LogP contribution in [-0.2, 0) is 28.0 Å². The number of ether oxygens (including phenoxy) is 2.